The molecule has 14 rings (SSSR count). The van der Waals surface area contributed by atoms with Crippen molar-refractivity contribution < 1.29 is 4.42 Å². The minimum atomic E-state index is -0.317. The van der Waals surface area contributed by atoms with Crippen molar-refractivity contribution in [2.45, 2.75) is 202 Å². The Balaban J connectivity index is 1.13. The molecule has 0 saturated heterocycles. The number of rotatable bonds is 6. The highest BCUT2D eigenvalue weighted by atomic mass is 16.3. The van der Waals surface area contributed by atoms with Crippen molar-refractivity contribution >= 4 is 85.2 Å². The number of furan rings is 1. The van der Waals surface area contributed by atoms with E-state index in [1.54, 1.807) is 0 Å². The molecule has 0 N–H and O–H groups in total. The second-order valence-corrected chi connectivity index (χ2v) is 33.3. The molecule has 0 saturated carbocycles. The second kappa shape index (κ2) is 20.1. The number of nitrogens with zero attached hydrogens (tertiary/aromatic N) is 3. The van der Waals surface area contributed by atoms with E-state index in [1.165, 1.54) is 111 Å². The fourth-order valence-electron chi connectivity index (χ4n) is 16.2. The summed E-state index contributed by atoms with van der Waals surface area (Å²) in [5.74, 6) is 0. The minimum absolute atomic E-state index is 0.00426. The molecule has 90 heavy (non-hydrogen) atoms. The molecule has 0 fully saturated rings. The van der Waals surface area contributed by atoms with Crippen LogP contribution in [0.15, 0.2) is 162 Å². The molecular formula is C85H94BN3O. The quantitative estimate of drug-likeness (QED) is 0.155. The Morgan fingerprint density at radius 2 is 0.900 bits per heavy atom. The maximum atomic E-state index is 7.80. The number of anilines is 8. The first-order valence-electron chi connectivity index (χ1n) is 33.5. The fraction of sp³-hybridized carbons (Fsp3) is 0.365. The molecule has 9 aromatic carbocycles. The normalized spacial score (nSPS) is 17.0. The van der Waals surface area contributed by atoms with Crippen molar-refractivity contribution in [1.82, 2.24) is 0 Å². The molecular weight excluding hydrogens is 1090 g/mol. The van der Waals surface area contributed by atoms with E-state index in [0.29, 0.717) is 0 Å². The van der Waals surface area contributed by atoms with Gasteiger partial charge in [0.2, 0.25) is 0 Å². The van der Waals surface area contributed by atoms with Gasteiger partial charge in [-0.05, 0) is 253 Å². The number of hydrogen-bond donors (Lipinski definition) is 0. The third-order valence-electron chi connectivity index (χ3n) is 22.0. The van der Waals surface area contributed by atoms with Gasteiger partial charge in [0.15, 0.2) is 0 Å². The SMILES string of the molecule is Cc1cc2c(cc1N1c3cc(-c4c(C)cccc4C)cc4c3B(c3c1ccc1c3oc3cc5c(cc31)C(C)(C)CCC5(C)C)N(c1ccc(C(C)(C)C)cc1)c1cc(N(c3ccc(C(C)(C)C)cc3)c3ccc(C(C)(C)C)cc3)ccc1-4)C(C)(C)CCC2(C)C. The van der Waals surface area contributed by atoms with Gasteiger partial charge in [-0.15, -0.1) is 0 Å². The van der Waals surface area contributed by atoms with Crippen molar-refractivity contribution in [3.63, 3.8) is 0 Å². The Morgan fingerprint density at radius 1 is 0.411 bits per heavy atom. The second-order valence-electron chi connectivity index (χ2n) is 33.3. The average molecular weight is 1180 g/mol. The van der Waals surface area contributed by atoms with Crippen LogP contribution in [0, 0.1) is 20.8 Å². The first-order valence-corrected chi connectivity index (χ1v) is 33.5. The molecule has 0 amide bonds. The van der Waals surface area contributed by atoms with Gasteiger partial charge in [-0.2, -0.15) is 0 Å². The zero-order valence-corrected chi connectivity index (χ0v) is 57.7. The van der Waals surface area contributed by atoms with Crippen LogP contribution in [0.5, 0.6) is 0 Å². The predicted molar refractivity (Wildman–Crippen MR) is 388 cm³/mol. The molecule has 1 aromatic heterocycles. The van der Waals surface area contributed by atoms with E-state index in [2.05, 4.69) is 311 Å². The van der Waals surface area contributed by atoms with Gasteiger partial charge < -0.3 is 19.0 Å². The average Bonchev–Trinajstić information content (AvgIpc) is 1.05. The lowest BCUT2D eigenvalue weighted by molar-refractivity contribution is 0.332. The summed E-state index contributed by atoms with van der Waals surface area (Å²) in [7, 11) is 0. The van der Waals surface area contributed by atoms with Crippen LogP contribution in [-0.4, -0.2) is 6.85 Å². The number of fused-ring (bicyclic) bond motifs is 10. The molecule has 0 radical (unpaired) electrons. The monoisotopic (exact) mass is 1180 g/mol. The maximum absolute atomic E-state index is 7.80. The molecule has 0 bridgehead atoms. The van der Waals surface area contributed by atoms with Crippen LogP contribution < -0.4 is 25.5 Å². The largest absolute Gasteiger partial charge is 0.456 e. The smallest absolute Gasteiger partial charge is 0.336 e. The number of benzene rings is 9. The summed E-state index contributed by atoms with van der Waals surface area (Å²) in [4.78, 5) is 7.88. The Hall–Kier alpha value is -7.76. The molecule has 4 aliphatic rings. The molecule has 5 heteroatoms. The number of aryl methyl sites for hydroxylation is 3. The van der Waals surface area contributed by atoms with Crippen molar-refractivity contribution in [3.8, 4) is 22.3 Å². The van der Waals surface area contributed by atoms with Gasteiger partial charge in [0.05, 0.1) is 0 Å². The van der Waals surface area contributed by atoms with Gasteiger partial charge >= 0.3 is 6.85 Å². The first kappa shape index (κ1) is 59.8. The summed E-state index contributed by atoms with van der Waals surface area (Å²) >= 11 is 0. The third kappa shape index (κ3) is 9.51. The molecule has 0 spiro atoms. The van der Waals surface area contributed by atoms with Crippen LogP contribution in [0.1, 0.15) is 199 Å². The van der Waals surface area contributed by atoms with E-state index in [9.17, 15) is 0 Å². The minimum Gasteiger partial charge on any atom is -0.456 e. The molecule has 4 nitrogen and oxygen atoms in total. The van der Waals surface area contributed by atoms with Crippen LogP contribution in [0.25, 0.3) is 44.2 Å². The van der Waals surface area contributed by atoms with Crippen molar-refractivity contribution in [3.05, 3.63) is 213 Å². The van der Waals surface area contributed by atoms with E-state index in [-0.39, 0.29) is 44.8 Å². The summed E-state index contributed by atoms with van der Waals surface area (Å²) in [5.41, 5.74) is 32.1. The van der Waals surface area contributed by atoms with Crippen LogP contribution in [0.3, 0.4) is 0 Å². The zero-order valence-electron chi connectivity index (χ0n) is 57.7. The molecule has 2 aliphatic heterocycles. The van der Waals surface area contributed by atoms with Crippen molar-refractivity contribution in [1.29, 1.82) is 0 Å². The standard InChI is InChI=1S/C85H94BN3O/c1-51-22-21-23-52(2)75(51)54-45-65-62-37-36-61(87(58-30-24-55(25-31-58)79(4,5)6)59-32-26-56(27-33-59)80(7,8)9)47-72(62)89(60-34-28-57(29-35-60)81(10,11)12)86-76(65)73(46-54)88(71-49-68-66(44-53(71)3)82(13,14)40-42-84(68,17)18)70-39-38-63-64-48-67-69(50-74(64)90-78(63)77(70)86)85(19,20)43-41-83(67,15)16/h21-39,44-50H,40-43H2,1-20H3. The van der Waals surface area contributed by atoms with Crippen LogP contribution in [0.2, 0.25) is 0 Å². The Kier molecular flexibility index (Phi) is 13.4. The number of hydrogen-bond acceptors (Lipinski definition) is 4. The molecule has 0 unspecified atom stereocenters. The van der Waals surface area contributed by atoms with E-state index >= 15 is 0 Å². The molecule has 2 aliphatic carbocycles. The fourth-order valence-corrected chi connectivity index (χ4v) is 16.2. The summed E-state index contributed by atoms with van der Waals surface area (Å²) in [5, 5.41) is 2.36. The Bertz CT molecular complexity index is 4490. The van der Waals surface area contributed by atoms with Crippen LogP contribution in [0.4, 0.5) is 45.5 Å². The van der Waals surface area contributed by atoms with Gasteiger partial charge in [-0.25, -0.2) is 0 Å². The molecule has 458 valence electrons. The van der Waals surface area contributed by atoms with Crippen LogP contribution in [-0.2, 0) is 37.9 Å². The summed E-state index contributed by atoms with van der Waals surface area (Å²) in [6, 6.07) is 62.5. The van der Waals surface area contributed by atoms with Gasteiger partial charge in [-0.1, -0.05) is 184 Å². The van der Waals surface area contributed by atoms with E-state index < -0.39 is 0 Å². The lowest BCUT2D eigenvalue weighted by Crippen LogP contribution is -2.61. The highest BCUT2D eigenvalue weighted by Crippen LogP contribution is 2.56. The van der Waals surface area contributed by atoms with Crippen molar-refractivity contribution in [2.75, 3.05) is 14.6 Å². The maximum Gasteiger partial charge on any atom is 0.336 e. The van der Waals surface area contributed by atoms with Gasteiger partial charge in [0.1, 0.15) is 11.2 Å². The summed E-state index contributed by atoms with van der Waals surface area (Å²) in [6.07, 6.45) is 4.57. The zero-order chi connectivity index (χ0) is 63.9. The topological polar surface area (TPSA) is 22.9 Å². The van der Waals surface area contributed by atoms with Gasteiger partial charge in [0.25, 0.3) is 0 Å². The molecule has 10 aromatic rings. The van der Waals surface area contributed by atoms with Crippen molar-refractivity contribution in [2.24, 2.45) is 0 Å². The summed E-state index contributed by atoms with van der Waals surface area (Å²) < 4.78 is 7.80. The van der Waals surface area contributed by atoms with E-state index in [1.807, 2.05) is 0 Å². The van der Waals surface area contributed by atoms with Gasteiger partial charge in [-0.3, -0.25) is 0 Å². The summed E-state index contributed by atoms with van der Waals surface area (Å²) in [6.45, 7) is 47.1. The Labute approximate surface area is 538 Å². The molecule has 0 atom stereocenters. The Morgan fingerprint density at radius 3 is 1.43 bits per heavy atom. The van der Waals surface area contributed by atoms with Gasteiger partial charge in [0, 0.05) is 67.3 Å². The molecule has 3 heterocycles. The predicted octanol–water partition coefficient (Wildman–Crippen LogP) is 22.9. The van der Waals surface area contributed by atoms with E-state index in [4.69, 9.17) is 4.42 Å². The highest BCUT2D eigenvalue weighted by molar-refractivity contribution is 6.95. The highest BCUT2D eigenvalue weighted by Gasteiger charge is 2.49. The van der Waals surface area contributed by atoms with E-state index in [0.717, 1.165) is 71.0 Å². The van der Waals surface area contributed by atoms with Crippen LogP contribution >= 0.6 is 0 Å². The third-order valence-corrected chi connectivity index (χ3v) is 22.0. The first-order chi connectivity index (χ1) is 42.2. The lowest BCUT2D eigenvalue weighted by atomic mass is 9.43. The lowest BCUT2D eigenvalue weighted by Gasteiger charge is -2.47.